The lowest BCUT2D eigenvalue weighted by molar-refractivity contribution is -0.797. The van der Waals surface area contributed by atoms with Gasteiger partial charge in [-0.2, -0.15) is 0 Å². The summed E-state index contributed by atoms with van der Waals surface area (Å²) in [5, 5.41) is 2.37. The summed E-state index contributed by atoms with van der Waals surface area (Å²) in [5.74, 6) is 2.47. The Morgan fingerprint density at radius 1 is 0.723 bits per heavy atom. The summed E-state index contributed by atoms with van der Waals surface area (Å²) in [6.45, 7) is 25.8. The number of hydrogen-bond donors (Lipinski definition) is 0. The minimum Gasteiger partial charge on any atom is -0.458 e. The maximum absolute atomic E-state index is 6.60. The monoisotopic (exact) mass is 624 g/mol. The van der Waals surface area contributed by atoms with Crippen LogP contribution in [0.1, 0.15) is 87.4 Å². The molecule has 0 saturated carbocycles. The Bertz CT molecular complexity index is 2120. The quantitative estimate of drug-likeness (QED) is 0.145. The van der Waals surface area contributed by atoms with Crippen LogP contribution in [0.2, 0.25) is 0 Å². The Morgan fingerprint density at radius 2 is 1.43 bits per heavy atom. The highest BCUT2D eigenvalue weighted by atomic mass is 16.5. The van der Waals surface area contributed by atoms with Crippen molar-refractivity contribution in [2.75, 3.05) is 0 Å². The van der Waals surface area contributed by atoms with E-state index in [0.29, 0.717) is 0 Å². The summed E-state index contributed by atoms with van der Waals surface area (Å²) in [7, 11) is 0. The van der Waals surface area contributed by atoms with Crippen molar-refractivity contribution in [2.45, 2.75) is 92.5 Å². The minimum absolute atomic E-state index is 0.0164. The molecule has 1 aliphatic heterocycles. The Labute approximate surface area is 279 Å². The van der Waals surface area contributed by atoms with Crippen molar-refractivity contribution in [2.24, 2.45) is 10.8 Å². The van der Waals surface area contributed by atoms with Crippen LogP contribution in [0.25, 0.3) is 33.3 Å². The van der Waals surface area contributed by atoms with Crippen molar-refractivity contribution >= 4 is 21.8 Å². The lowest BCUT2D eigenvalue weighted by Crippen LogP contribution is -2.74. The van der Waals surface area contributed by atoms with Gasteiger partial charge in [0.05, 0.1) is 22.3 Å². The summed E-state index contributed by atoms with van der Waals surface area (Å²) in [6, 6.07) is 27.5. The standard InChI is InChI=1S/C42H48N4O/c1-38(2,3)28-21-22-43-37(23-28)46-34-18-13-12-17-32(34)33-20-19-31(25-35(33)46)47-30-16-14-15-29(24-30)44-26-36-39(4,5)40(6,7)41(8,9)42(10,11)45(36)27-44/h12-26H,1-11H3. The number of rotatable bonds is 4. The number of benzene rings is 3. The molecule has 0 N–H and O–H groups in total. The highest BCUT2D eigenvalue weighted by Gasteiger charge is 2.61. The Hall–Kier alpha value is -4.38. The average Bonchev–Trinajstić information content (AvgIpc) is 3.61. The number of imidazole rings is 1. The molecule has 0 spiro atoms. The van der Waals surface area contributed by atoms with Crippen LogP contribution in [-0.4, -0.2) is 14.1 Å². The van der Waals surface area contributed by atoms with Gasteiger partial charge in [-0.25, -0.2) is 4.98 Å². The smallest absolute Gasteiger partial charge is 0.244 e. The van der Waals surface area contributed by atoms with Gasteiger partial charge in [-0.15, -0.1) is 0 Å². The van der Waals surface area contributed by atoms with Gasteiger partial charge in [0.25, 0.3) is 0 Å². The van der Waals surface area contributed by atoms with Gasteiger partial charge < -0.3 is 13.9 Å². The molecule has 3 aromatic heterocycles. The Kier molecular flexibility index (Phi) is 6.68. The fourth-order valence-corrected chi connectivity index (χ4v) is 7.62. The van der Waals surface area contributed by atoms with E-state index in [2.05, 4.69) is 175 Å². The number of hydrogen-bond acceptors (Lipinski definition) is 2. The summed E-state index contributed by atoms with van der Waals surface area (Å²) in [4.78, 5) is 4.83. The maximum Gasteiger partial charge on any atom is 0.244 e. The molecule has 0 atom stereocenters. The first-order valence-corrected chi connectivity index (χ1v) is 16.8. The molecule has 0 radical (unpaired) electrons. The van der Waals surface area contributed by atoms with Gasteiger partial charge in [0, 0.05) is 40.3 Å². The van der Waals surface area contributed by atoms with Crippen molar-refractivity contribution < 1.29 is 9.30 Å². The van der Waals surface area contributed by atoms with Crippen LogP contribution in [0.15, 0.2) is 91.3 Å². The fraction of sp³-hybridized carbons (Fsp3) is 0.381. The summed E-state index contributed by atoms with van der Waals surface area (Å²) in [6.07, 6.45) is 7.91. The highest BCUT2D eigenvalue weighted by Crippen LogP contribution is 2.60. The average molecular weight is 625 g/mol. The van der Waals surface area contributed by atoms with Crippen molar-refractivity contribution in [3.8, 4) is 23.0 Å². The van der Waals surface area contributed by atoms with Crippen molar-refractivity contribution in [3.63, 3.8) is 0 Å². The summed E-state index contributed by atoms with van der Waals surface area (Å²) in [5.41, 5.74) is 5.66. The molecule has 0 unspecified atom stereocenters. The first kappa shape index (κ1) is 31.2. The number of aromatic nitrogens is 4. The number of ether oxygens (including phenoxy) is 1. The number of fused-ring (bicyclic) bond motifs is 4. The molecule has 0 aliphatic carbocycles. The molecule has 0 bridgehead atoms. The largest absolute Gasteiger partial charge is 0.458 e. The van der Waals surface area contributed by atoms with Gasteiger partial charge >= 0.3 is 0 Å². The molecule has 242 valence electrons. The van der Waals surface area contributed by atoms with Gasteiger partial charge in [0.2, 0.25) is 6.33 Å². The highest BCUT2D eigenvalue weighted by molar-refractivity contribution is 6.09. The molecule has 7 rings (SSSR count). The van der Waals surface area contributed by atoms with E-state index in [1.54, 1.807) is 0 Å². The lowest BCUT2D eigenvalue weighted by Gasteiger charge is -2.62. The fourth-order valence-electron chi connectivity index (χ4n) is 7.62. The zero-order valence-electron chi connectivity index (χ0n) is 29.9. The molecule has 0 amide bonds. The van der Waals surface area contributed by atoms with Crippen LogP contribution in [0, 0.1) is 17.2 Å². The minimum atomic E-state index is -0.129. The third-order valence-corrected chi connectivity index (χ3v) is 12.4. The van der Waals surface area contributed by atoms with E-state index in [1.165, 1.54) is 22.0 Å². The lowest BCUT2D eigenvalue weighted by atomic mass is 9.46. The van der Waals surface area contributed by atoms with Gasteiger partial charge in [0.1, 0.15) is 17.3 Å². The number of pyridine rings is 1. The van der Waals surface area contributed by atoms with Crippen LogP contribution >= 0.6 is 0 Å². The Balaban J connectivity index is 1.29. The Morgan fingerprint density at radius 3 is 2.17 bits per heavy atom. The van der Waals surface area contributed by atoms with E-state index in [9.17, 15) is 0 Å². The van der Waals surface area contributed by atoms with E-state index in [4.69, 9.17) is 9.72 Å². The van der Waals surface area contributed by atoms with Gasteiger partial charge in [-0.1, -0.05) is 92.6 Å². The summed E-state index contributed by atoms with van der Waals surface area (Å²) < 4.78 is 13.4. The topological polar surface area (TPSA) is 35.9 Å². The molecule has 1 aliphatic rings. The second-order valence-corrected chi connectivity index (χ2v) is 16.5. The normalized spacial score (nSPS) is 17.9. The van der Waals surface area contributed by atoms with Crippen LogP contribution in [0.3, 0.4) is 0 Å². The van der Waals surface area contributed by atoms with Crippen LogP contribution < -0.4 is 9.30 Å². The van der Waals surface area contributed by atoms with Crippen LogP contribution in [0.5, 0.6) is 11.5 Å². The van der Waals surface area contributed by atoms with Crippen LogP contribution in [-0.2, 0) is 16.4 Å². The predicted octanol–water partition coefficient (Wildman–Crippen LogP) is 10.2. The number of nitrogens with zero attached hydrogens (tertiary/aromatic N) is 4. The third-order valence-electron chi connectivity index (χ3n) is 12.4. The van der Waals surface area contributed by atoms with E-state index < -0.39 is 0 Å². The van der Waals surface area contributed by atoms with E-state index in [-0.39, 0.29) is 27.2 Å². The molecular weight excluding hydrogens is 576 g/mol. The van der Waals surface area contributed by atoms with Crippen molar-refractivity contribution in [3.05, 3.63) is 109 Å². The predicted molar refractivity (Wildman–Crippen MR) is 192 cm³/mol. The van der Waals surface area contributed by atoms with E-state index in [1.807, 2.05) is 12.3 Å². The molecule has 6 aromatic rings. The van der Waals surface area contributed by atoms with E-state index >= 15 is 0 Å². The third kappa shape index (κ3) is 4.49. The van der Waals surface area contributed by atoms with Gasteiger partial charge in [-0.3, -0.25) is 4.57 Å². The zero-order valence-corrected chi connectivity index (χ0v) is 29.9. The molecule has 3 aromatic carbocycles. The number of para-hydroxylation sites is 1. The second kappa shape index (κ2) is 10.1. The molecule has 5 nitrogen and oxygen atoms in total. The van der Waals surface area contributed by atoms with Crippen LogP contribution in [0.4, 0.5) is 0 Å². The maximum atomic E-state index is 6.60. The molecule has 5 heteroatoms. The van der Waals surface area contributed by atoms with Gasteiger partial charge in [-0.05, 0) is 78.1 Å². The van der Waals surface area contributed by atoms with E-state index in [0.717, 1.165) is 34.0 Å². The molecule has 0 saturated heterocycles. The molecule has 0 fully saturated rings. The molecule has 47 heavy (non-hydrogen) atoms. The first-order valence-electron chi connectivity index (χ1n) is 16.8. The zero-order chi connectivity index (χ0) is 33.7. The molecular formula is C42H48N4O. The SMILES string of the molecule is CC(C)(C)c1ccnc(-n2c3ccccc3c3ccc(Oc4cccc(-n5[c-][n+]6c(c5)C(C)(C)C(C)(C)C(C)(C)C6(C)C)c4)cc32)c1. The molecule has 4 heterocycles. The van der Waals surface area contributed by atoms with Gasteiger partial charge in [0.15, 0.2) is 0 Å². The van der Waals surface area contributed by atoms with Crippen molar-refractivity contribution in [1.82, 2.24) is 14.1 Å². The second-order valence-electron chi connectivity index (χ2n) is 16.5. The van der Waals surface area contributed by atoms with Crippen molar-refractivity contribution in [1.29, 1.82) is 0 Å². The first-order chi connectivity index (χ1) is 21.9. The summed E-state index contributed by atoms with van der Waals surface area (Å²) >= 11 is 0.